The lowest BCUT2D eigenvalue weighted by Crippen LogP contribution is -2.44. The van der Waals surface area contributed by atoms with Crippen molar-refractivity contribution in [3.05, 3.63) is 12.7 Å². The first-order valence-electron chi connectivity index (χ1n) is 7.41. The third-order valence-electron chi connectivity index (χ3n) is 4.38. The number of hydrogen-bond acceptors (Lipinski definition) is 6. The minimum Gasteiger partial charge on any atom is -0.391 e. The van der Waals surface area contributed by atoms with Crippen LogP contribution < -0.4 is 5.73 Å². The molecule has 10 heteroatoms. The molecule has 128 valence electrons. The monoisotopic (exact) mass is 343 g/mol. The molecule has 0 saturated carbocycles. The molecule has 0 bridgehead atoms. The van der Waals surface area contributed by atoms with Crippen molar-refractivity contribution in [2.24, 2.45) is 0 Å². The number of fused-ring (bicyclic) bond motifs is 1. The Morgan fingerprint density at radius 2 is 1.96 bits per heavy atom. The van der Waals surface area contributed by atoms with Crippen LogP contribution in [0.1, 0.15) is 33.1 Å². The average molecular weight is 343 g/mol. The van der Waals surface area contributed by atoms with Gasteiger partial charge >= 0.3 is 7.60 Å². The molecule has 0 radical (unpaired) electrons. The van der Waals surface area contributed by atoms with Gasteiger partial charge in [0.15, 0.2) is 11.5 Å². The second-order valence-electron chi connectivity index (χ2n) is 5.55. The van der Waals surface area contributed by atoms with Crippen LogP contribution in [0.5, 0.6) is 0 Å². The van der Waals surface area contributed by atoms with Crippen molar-refractivity contribution in [1.29, 1.82) is 0 Å². The van der Waals surface area contributed by atoms with Crippen molar-refractivity contribution in [2.45, 2.75) is 44.8 Å². The Kier molecular flexibility index (Phi) is 5.05. The first-order chi connectivity index (χ1) is 10.7. The van der Waals surface area contributed by atoms with Gasteiger partial charge in [0.2, 0.25) is 0 Å². The molecule has 0 aliphatic rings. The zero-order chi connectivity index (χ0) is 17.3. The lowest BCUT2D eigenvalue weighted by atomic mass is 9.84. The number of nitrogens with zero attached hydrogens (tertiary/aromatic N) is 4. The van der Waals surface area contributed by atoms with E-state index < -0.39 is 19.2 Å². The number of nitrogen functional groups attached to an aromatic ring is 1. The van der Waals surface area contributed by atoms with Gasteiger partial charge < -0.3 is 25.2 Å². The number of aliphatic hydroxyl groups excluding tert-OH is 1. The van der Waals surface area contributed by atoms with E-state index >= 15 is 0 Å². The molecule has 0 unspecified atom stereocenters. The largest absolute Gasteiger partial charge is 0.391 e. The van der Waals surface area contributed by atoms with Crippen molar-refractivity contribution in [2.75, 3.05) is 11.9 Å². The van der Waals surface area contributed by atoms with E-state index in [0.29, 0.717) is 24.0 Å². The Morgan fingerprint density at radius 3 is 2.52 bits per heavy atom. The first kappa shape index (κ1) is 17.8. The summed E-state index contributed by atoms with van der Waals surface area (Å²) in [5.41, 5.74) is 5.96. The van der Waals surface area contributed by atoms with E-state index in [1.165, 1.54) is 6.33 Å². The quantitative estimate of drug-likeness (QED) is 0.541. The van der Waals surface area contributed by atoms with Gasteiger partial charge in [0, 0.05) is 0 Å². The number of rotatable bonds is 7. The first-order valence-corrected chi connectivity index (χ1v) is 9.21. The zero-order valence-electron chi connectivity index (χ0n) is 13.1. The molecule has 2 rings (SSSR count). The fourth-order valence-corrected chi connectivity index (χ4v) is 3.54. The minimum atomic E-state index is -4.17. The highest BCUT2D eigenvalue weighted by Crippen LogP contribution is 2.39. The van der Waals surface area contributed by atoms with E-state index in [9.17, 15) is 9.67 Å². The Bertz CT molecular complexity index is 724. The molecular formula is C13H22N5O4P. The zero-order valence-corrected chi connectivity index (χ0v) is 14.0. The molecule has 2 aromatic rings. The molecule has 0 fully saturated rings. The molecule has 0 amide bonds. The van der Waals surface area contributed by atoms with E-state index in [4.69, 9.17) is 15.5 Å². The molecule has 0 aromatic carbocycles. The van der Waals surface area contributed by atoms with Gasteiger partial charge in [-0.2, -0.15) is 0 Å². The topological polar surface area (TPSA) is 147 Å². The van der Waals surface area contributed by atoms with Crippen molar-refractivity contribution < 1.29 is 19.5 Å². The van der Waals surface area contributed by atoms with Crippen molar-refractivity contribution in [1.82, 2.24) is 19.5 Å². The van der Waals surface area contributed by atoms with E-state index in [-0.39, 0.29) is 18.4 Å². The minimum absolute atomic E-state index is 0.0216. The lowest BCUT2D eigenvalue weighted by molar-refractivity contribution is 0.0255. The normalized spacial score (nSPS) is 14.3. The molecule has 9 nitrogen and oxygen atoms in total. The highest BCUT2D eigenvalue weighted by molar-refractivity contribution is 7.51. The Balaban J connectivity index is 2.46. The fraction of sp³-hybridized carbons (Fsp3) is 0.615. The maximum Gasteiger partial charge on any atom is 0.325 e. The Hall–Kier alpha value is -1.54. The third kappa shape index (κ3) is 3.37. The number of anilines is 1. The van der Waals surface area contributed by atoms with E-state index in [0.717, 1.165) is 0 Å². The van der Waals surface area contributed by atoms with Crippen LogP contribution in [0.2, 0.25) is 0 Å². The van der Waals surface area contributed by atoms with Crippen LogP contribution in [0.3, 0.4) is 0 Å². The summed E-state index contributed by atoms with van der Waals surface area (Å²) in [4.78, 5) is 30.4. The van der Waals surface area contributed by atoms with E-state index in [2.05, 4.69) is 15.0 Å². The van der Waals surface area contributed by atoms with Gasteiger partial charge in [-0.25, -0.2) is 15.0 Å². The average Bonchev–Trinajstić information content (AvgIpc) is 2.92. The van der Waals surface area contributed by atoms with Crippen LogP contribution in [0.15, 0.2) is 12.7 Å². The summed E-state index contributed by atoms with van der Waals surface area (Å²) in [6.07, 6.45) is 2.60. The predicted molar refractivity (Wildman–Crippen MR) is 85.8 cm³/mol. The summed E-state index contributed by atoms with van der Waals surface area (Å²) in [5.74, 6) is 0.250. The van der Waals surface area contributed by atoms with Crippen LogP contribution in [-0.2, 0) is 10.1 Å². The molecule has 5 N–H and O–H groups in total. The van der Waals surface area contributed by atoms with Crippen LogP contribution in [0.25, 0.3) is 11.2 Å². The maximum atomic E-state index is 11.1. The fourth-order valence-electron chi connectivity index (χ4n) is 2.96. The summed E-state index contributed by atoms with van der Waals surface area (Å²) in [5, 5.41) is 10.7. The summed E-state index contributed by atoms with van der Waals surface area (Å²) in [6, 6.07) is 0. The van der Waals surface area contributed by atoms with E-state index in [1.807, 2.05) is 13.8 Å². The standard InChI is InChI=1S/C13H22N5O4P/c1-3-13(4-2,9(19)5-6-23(20,21)22)18-8-17-10-11(14)15-7-16-12(10)18/h7-9,19H,3-6H2,1-2H3,(H2,14,15,16)(H2,20,21,22)/t9-/m0/s1. The molecule has 0 aliphatic carbocycles. The SMILES string of the molecule is CCC(CC)([C@@H](O)CCP(=O)(O)O)n1cnc2c(N)ncnc21. The van der Waals surface area contributed by atoms with Gasteiger partial charge in [0.05, 0.1) is 24.1 Å². The van der Waals surface area contributed by atoms with Crippen molar-refractivity contribution >= 4 is 24.6 Å². The summed E-state index contributed by atoms with van der Waals surface area (Å²) < 4.78 is 12.9. The van der Waals surface area contributed by atoms with Gasteiger partial charge in [0.1, 0.15) is 11.8 Å². The number of nitrogens with two attached hydrogens (primary N) is 1. The number of imidazole rings is 1. The molecule has 2 aromatic heterocycles. The van der Waals surface area contributed by atoms with Crippen molar-refractivity contribution in [3.8, 4) is 0 Å². The number of aliphatic hydroxyl groups is 1. The van der Waals surface area contributed by atoms with Gasteiger partial charge in [-0.3, -0.25) is 4.57 Å². The second kappa shape index (κ2) is 6.52. The maximum absolute atomic E-state index is 11.1. The van der Waals surface area contributed by atoms with Gasteiger partial charge in [-0.1, -0.05) is 13.8 Å². The molecule has 1 atom stereocenters. The Morgan fingerprint density at radius 1 is 1.30 bits per heavy atom. The van der Waals surface area contributed by atoms with E-state index in [1.54, 1.807) is 10.9 Å². The van der Waals surface area contributed by atoms with Crippen LogP contribution >= 0.6 is 7.60 Å². The van der Waals surface area contributed by atoms with Gasteiger partial charge in [-0.05, 0) is 19.3 Å². The predicted octanol–water partition coefficient (Wildman–Crippen LogP) is 0.853. The molecule has 0 spiro atoms. The molecule has 0 saturated heterocycles. The second-order valence-corrected chi connectivity index (χ2v) is 7.33. The molecule has 23 heavy (non-hydrogen) atoms. The number of hydrogen-bond donors (Lipinski definition) is 4. The van der Waals surface area contributed by atoms with Crippen molar-refractivity contribution in [3.63, 3.8) is 0 Å². The molecular weight excluding hydrogens is 321 g/mol. The molecule has 0 aliphatic heterocycles. The highest BCUT2D eigenvalue weighted by atomic mass is 31.2. The van der Waals surface area contributed by atoms with Gasteiger partial charge in [-0.15, -0.1) is 0 Å². The van der Waals surface area contributed by atoms with Crippen LogP contribution in [-0.4, -0.2) is 46.7 Å². The smallest absolute Gasteiger partial charge is 0.325 e. The summed E-state index contributed by atoms with van der Waals surface area (Å²) in [6.45, 7) is 3.81. The highest BCUT2D eigenvalue weighted by Gasteiger charge is 2.38. The third-order valence-corrected chi connectivity index (χ3v) is 5.22. The number of aromatic nitrogens is 4. The summed E-state index contributed by atoms with van der Waals surface area (Å²) >= 11 is 0. The molecule has 2 heterocycles. The lowest BCUT2D eigenvalue weighted by Gasteiger charge is -2.38. The summed E-state index contributed by atoms with van der Waals surface area (Å²) in [7, 11) is -4.17. The van der Waals surface area contributed by atoms with Gasteiger partial charge in [0.25, 0.3) is 0 Å². The Labute approximate surface area is 133 Å². The van der Waals surface area contributed by atoms with Crippen LogP contribution in [0.4, 0.5) is 5.82 Å². The van der Waals surface area contributed by atoms with Crippen LogP contribution in [0, 0.1) is 0 Å².